The van der Waals surface area contributed by atoms with E-state index >= 15 is 0 Å². The minimum absolute atomic E-state index is 0.191. The number of carboxylic acids is 2. The summed E-state index contributed by atoms with van der Waals surface area (Å²) in [6, 6.07) is 6.35. The first-order valence-electron chi connectivity index (χ1n) is 9.19. The van der Waals surface area contributed by atoms with E-state index in [9.17, 15) is 24.3 Å². The van der Waals surface area contributed by atoms with Crippen LogP contribution in [-0.4, -0.2) is 58.6 Å². The molecule has 3 atom stereocenters. The molecule has 1 heterocycles. The molecule has 0 aliphatic carbocycles. The molecule has 0 saturated carbocycles. The highest BCUT2D eigenvalue weighted by atomic mass is 16.4. The Balaban J connectivity index is 2.08. The fourth-order valence-corrected chi connectivity index (χ4v) is 3.04. The number of carbonyl (C=O) groups is 4. The fraction of sp³-hybridized carbons (Fsp3) is 0.474. The molecular formula is C19H25N3O6. The Bertz CT molecular complexity index is 703. The maximum atomic E-state index is 12.7. The average Bonchev–Trinajstić information content (AvgIpc) is 3.19. The number of hydrogen-bond acceptors (Lipinski definition) is 5. The lowest BCUT2D eigenvalue weighted by Crippen LogP contribution is -2.55. The fourth-order valence-electron chi connectivity index (χ4n) is 3.04. The molecule has 1 fully saturated rings. The van der Waals surface area contributed by atoms with Gasteiger partial charge >= 0.3 is 11.9 Å². The standard InChI is InChI=1S/C19H25N3O6/c23-16(24)9-8-14(19(27)28)21-18(26)15(11-12-5-2-1-3-6-12)22-17(25)13-7-4-10-20-13/h1-3,5-6,13-15,20H,4,7-11H2,(H,21,26)(H,22,25)(H,23,24)(H,27,28)/t13-,14-,15-/m0/s1. The summed E-state index contributed by atoms with van der Waals surface area (Å²) in [6.07, 6.45) is 1.09. The van der Waals surface area contributed by atoms with Gasteiger partial charge in [0.2, 0.25) is 11.8 Å². The van der Waals surface area contributed by atoms with Crippen LogP contribution in [0.25, 0.3) is 0 Å². The summed E-state index contributed by atoms with van der Waals surface area (Å²) in [5, 5.41) is 26.1. The molecule has 1 aromatic carbocycles. The highest BCUT2D eigenvalue weighted by molar-refractivity contribution is 5.92. The van der Waals surface area contributed by atoms with Crippen LogP contribution in [0.4, 0.5) is 0 Å². The lowest BCUT2D eigenvalue weighted by molar-refractivity contribution is -0.143. The maximum Gasteiger partial charge on any atom is 0.326 e. The SMILES string of the molecule is O=C(O)CC[C@H](NC(=O)[C@H](Cc1ccccc1)NC(=O)[C@@H]1CCCN1)C(=O)O. The molecule has 1 aliphatic rings. The van der Waals surface area contributed by atoms with Crippen molar-refractivity contribution in [2.45, 2.75) is 50.2 Å². The molecule has 9 heteroatoms. The van der Waals surface area contributed by atoms with E-state index in [1.54, 1.807) is 24.3 Å². The second kappa shape index (κ2) is 10.4. The molecule has 152 valence electrons. The normalized spacial score (nSPS) is 18.1. The number of carbonyl (C=O) groups excluding carboxylic acids is 2. The summed E-state index contributed by atoms with van der Waals surface area (Å²) >= 11 is 0. The molecule has 0 aromatic heterocycles. The van der Waals surface area contributed by atoms with Crippen LogP contribution >= 0.6 is 0 Å². The van der Waals surface area contributed by atoms with E-state index in [2.05, 4.69) is 16.0 Å². The smallest absolute Gasteiger partial charge is 0.326 e. The lowest BCUT2D eigenvalue weighted by Gasteiger charge is -2.23. The van der Waals surface area contributed by atoms with Crippen molar-refractivity contribution in [1.82, 2.24) is 16.0 Å². The predicted molar refractivity (Wildman–Crippen MR) is 99.5 cm³/mol. The molecule has 9 nitrogen and oxygen atoms in total. The number of benzene rings is 1. The van der Waals surface area contributed by atoms with Crippen molar-refractivity contribution in [1.29, 1.82) is 0 Å². The number of carboxylic acid groups (broad SMARTS) is 2. The molecule has 1 saturated heterocycles. The minimum Gasteiger partial charge on any atom is -0.481 e. The Kier molecular flexibility index (Phi) is 7.94. The van der Waals surface area contributed by atoms with Gasteiger partial charge in [0.1, 0.15) is 12.1 Å². The van der Waals surface area contributed by atoms with Crippen LogP contribution in [0, 0.1) is 0 Å². The molecule has 1 aromatic rings. The van der Waals surface area contributed by atoms with E-state index in [0.717, 1.165) is 18.5 Å². The Morgan fingerprint density at radius 1 is 1.07 bits per heavy atom. The van der Waals surface area contributed by atoms with Gasteiger partial charge in [-0.3, -0.25) is 14.4 Å². The number of hydrogen-bond donors (Lipinski definition) is 5. The Morgan fingerprint density at radius 2 is 1.79 bits per heavy atom. The molecular weight excluding hydrogens is 366 g/mol. The Labute approximate surface area is 162 Å². The summed E-state index contributed by atoms with van der Waals surface area (Å²) in [7, 11) is 0. The van der Waals surface area contributed by atoms with Crippen LogP contribution in [0.2, 0.25) is 0 Å². The van der Waals surface area contributed by atoms with Crippen molar-refractivity contribution in [3.8, 4) is 0 Å². The Hall–Kier alpha value is -2.94. The first kappa shape index (κ1) is 21.4. The van der Waals surface area contributed by atoms with Crippen LogP contribution in [0.15, 0.2) is 30.3 Å². The minimum atomic E-state index is -1.34. The van der Waals surface area contributed by atoms with E-state index in [4.69, 9.17) is 5.11 Å². The van der Waals surface area contributed by atoms with E-state index < -0.39 is 29.9 Å². The van der Waals surface area contributed by atoms with Crippen LogP contribution in [0.3, 0.4) is 0 Å². The van der Waals surface area contributed by atoms with Gasteiger partial charge in [-0.15, -0.1) is 0 Å². The third-order valence-corrected chi connectivity index (χ3v) is 4.55. The third kappa shape index (κ3) is 6.66. The zero-order valence-electron chi connectivity index (χ0n) is 15.4. The van der Waals surface area contributed by atoms with Gasteiger partial charge < -0.3 is 26.2 Å². The van der Waals surface area contributed by atoms with E-state index in [0.29, 0.717) is 6.42 Å². The maximum absolute atomic E-state index is 12.7. The summed E-state index contributed by atoms with van der Waals surface area (Å²) in [5.74, 6) is -3.45. The van der Waals surface area contributed by atoms with Crippen molar-refractivity contribution in [3.05, 3.63) is 35.9 Å². The zero-order valence-corrected chi connectivity index (χ0v) is 15.4. The molecule has 0 radical (unpaired) electrons. The zero-order chi connectivity index (χ0) is 20.5. The second-order valence-electron chi connectivity index (χ2n) is 6.73. The topological polar surface area (TPSA) is 145 Å². The van der Waals surface area contributed by atoms with Gasteiger partial charge in [-0.05, 0) is 31.4 Å². The number of rotatable bonds is 10. The van der Waals surface area contributed by atoms with E-state index in [1.165, 1.54) is 0 Å². The van der Waals surface area contributed by atoms with Crippen molar-refractivity contribution in [2.24, 2.45) is 0 Å². The van der Waals surface area contributed by atoms with Gasteiger partial charge in [0.25, 0.3) is 0 Å². The summed E-state index contributed by atoms with van der Waals surface area (Å²) in [6.45, 7) is 0.726. The predicted octanol–water partition coefficient (Wildman–Crippen LogP) is -0.0999. The van der Waals surface area contributed by atoms with Gasteiger partial charge in [-0.25, -0.2) is 4.79 Å². The van der Waals surface area contributed by atoms with Crippen LogP contribution in [0.5, 0.6) is 0 Å². The molecule has 0 spiro atoms. The third-order valence-electron chi connectivity index (χ3n) is 4.55. The molecule has 5 N–H and O–H groups in total. The second-order valence-corrected chi connectivity index (χ2v) is 6.73. The van der Waals surface area contributed by atoms with Gasteiger partial charge in [-0.1, -0.05) is 30.3 Å². The first-order valence-corrected chi connectivity index (χ1v) is 9.19. The quantitative estimate of drug-likeness (QED) is 0.374. The number of aliphatic carboxylic acids is 2. The molecule has 1 aliphatic heterocycles. The number of amides is 2. The van der Waals surface area contributed by atoms with Crippen molar-refractivity contribution in [2.75, 3.05) is 6.54 Å². The van der Waals surface area contributed by atoms with E-state index in [-0.39, 0.29) is 31.2 Å². The molecule has 0 bridgehead atoms. The van der Waals surface area contributed by atoms with Crippen molar-refractivity contribution in [3.63, 3.8) is 0 Å². The van der Waals surface area contributed by atoms with Gasteiger partial charge in [0.05, 0.1) is 6.04 Å². The van der Waals surface area contributed by atoms with Crippen molar-refractivity contribution >= 4 is 23.8 Å². The highest BCUT2D eigenvalue weighted by Crippen LogP contribution is 2.09. The molecule has 2 amide bonds. The first-order chi connectivity index (χ1) is 13.4. The molecule has 2 rings (SSSR count). The Morgan fingerprint density at radius 3 is 2.36 bits per heavy atom. The van der Waals surface area contributed by atoms with Crippen LogP contribution in [0.1, 0.15) is 31.2 Å². The average molecular weight is 391 g/mol. The van der Waals surface area contributed by atoms with Gasteiger partial charge in [-0.2, -0.15) is 0 Å². The van der Waals surface area contributed by atoms with E-state index in [1.807, 2.05) is 6.07 Å². The summed E-state index contributed by atoms with van der Waals surface area (Å²) in [5.41, 5.74) is 0.805. The van der Waals surface area contributed by atoms with Gasteiger partial charge in [0, 0.05) is 12.8 Å². The molecule has 28 heavy (non-hydrogen) atoms. The van der Waals surface area contributed by atoms with Crippen molar-refractivity contribution < 1.29 is 29.4 Å². The lowest BCUT2D eigenvalue weighted by atomic mass is 10.0. The largest absolute Gasteiger partial charge is 0.481 e. The summed E-state index contributed by atoms with van der Waals surface area (Å²) in [4.78, 5) is 47.2. The van der Waals surface area contributed by atoms with Crippen LogP contribution in [-0.2, 0) is 25.6 Å². The summed E-state index contributed by atoms with van der Waals surface area (Å²) < 4.78 is 0. The number of nitrogens with one attached hydrogen (secondary N) is 3. The monoisotopic (exact) mass is 391 g/mol. The van der Waals surface area contributed by atoms with Gasteiger partial charge in [0.15, 0.2) is 0 Å². The van der Waals surface area contributed by atoms with Crippen LogP contribution < -0.4 is 16.0 Å². The molecule has 0 unspecified atom stereocenters. The highest BCUT2D eigenvalue weighted by Gasteiger charge is 2.30.